The third-order valence-corrected chi connectivity index (χ3v) is 4.05. The van der Waals surface area contributed by atoms with E-state index in [-0.39, 0.29) is 17.7 Å². The Morgan fingerprint density at radius 1 is 1.36 bits per heavy atom. The van der Waals surface area contributed by atoms with Crippen LogP contribution in [0.3, 0.4) is 0 Å². The summed E-state index contributed by atoms with van der Waals surface area (Å²) < 4.78 is 11.6. The van der Waals surface area contributed by atoms with Crippen molar-refractivity contribution in [2.45, 2.75) is 18.6 Å². The maximum atomic E-state index is 11.9. The molecule has 2 aromatic heterocycles. The van der Waals surface area contributed by atoms with Crippen molar-refractivity contribution in [3.05, 3.63) is 35.7 Å². The topological polar surface area (TPSA) is 121 Å². The number of nitrogens with zero attached hydrogens (tertiary/aromatic N) is 6. The number of rotatable bonds is 7. The van der Waals surface area contributed by atoms with Gasteiger partial charge >= 0.3 is 6.01 Å². The standard InChI is InChI=1S/C14H15N7O3S/c1-9-15-13(24-18-9)16-12(22)8-25-14-17-19-20-21(14)7-10-3-5-11(23-2)6-4-10/h3-6H,7-8H2,1-2H3,(H,15,16,18,22). The van der Waals surface area contributed by atoms with Crippen molar-refractivity contribution in [2.75, 3.05) is 18.2 Å². The highest BCUT2D eigenvalue weighted by Gasteiger charge is 2.12. The Morgan fingerprint density at radius 3 is 2.84 bits per heavy atom. The summed E-state index contributed by atoms with van der Waals surface area (Å²) in [6.45, 7) is 2.16. The van der Waals surface area contributed by atoms with Gasteiger partial charge in [-0.25, -0.2) is 4.68 Å². The predicted octanol–water partition coefficient (Wildman–Crippen LogP) is 1.15. The van der Waals surface area contributed by atoms with Crippen molar-refractivity contribution in [1.82, 2.24) is 30.3 Å². The largest absolute Gasteiger partial charge is 0.497 e. The van der Waals surface area contributed by atoms with E-state index in [1.807, 2.05) is 24.3 Å². The molecule has 0 saturated carbocycles. The van der Waals surface area contributed by atoms with E-state index in [0.29, 0.717) is 17.5 Å². The number of carbonyl (C=O) groups is 1. The minimum Gasteiger partial charge on any atom is -0.497 e. The molecule has 0 aliphatic rings. The van der Waals surface area contributed by atoms with Gasteiger partial charge in [-0.1, -0.05) is 29.1 Å². The number of anilines is 1. The number of hydrogen-bond acceptors (Lipinski definition) is 9. The predicted molar refractivity (Wildman–Crippen MR) is 88.3 cm³/mol. The number of nitrogens with one attached hydrogen (secondary N) is 1. The first kappa shape index (κ1) is 16.9. The first-order valence-corrected chi connectivity index (χ1v) is 8.24. The van der Waals surface area contributed by atoms with Gasteiger partial charge in [0, 0.05) is 0 Å². The number of ether oxygens (including phenoxy) is 1. The SMILES string of the molecule is COc1ccc(Cn2nnnc2SCC(=O)Nc2nc(C)no2)cc1. The summed E-state index contributed by atoms with van der Waals surface area (Å²) in [6.07, 6.45) is 0. The van der Waals surface area contributed by atoms with Crippen LogP contribution in [0.2, 0.25) is 0 Å². The molecule has 0 unspecified atom stereocenters. The number of amides is 1. The lowest BCUT2D eigenvalue weighted by atomic mass is 10.2. The second-order valence-corrected chi connectivity index (χ2v) is 5.89. The Labute approximate surface area is 146 Å². The fourth-order valence-corrected chi connectivity index (χ4v) is 2.61. The van der Waals surface area contributed by atoms with E-state index in [9.17, 15) is 4.79 Å². The molecule has 0 spiro atoms. The second kappa shape index (κ2) is 7.75. The molecule has 2 heterocycles. The van der Waals surface area contributed by atoms with Crippen molar-refractivity contribution in [1.29, 1.82) is 0 Å². The van der Waals surface area contributed by atoms with Gasteiger partial charge in [0.1, 0.15) is 5.75 Å². The van der Waals surface area contributed by atoms with Crippen LogP contribution >= 0.6 is 11.8 Å². The fraction of sp³-hybridized carbons (Fsp3) is 0.286. The lowest BCUT2D eigenvalue weighted by molar-refractivity contribution is -0.114. The van der Waals surface area contributed by atoms with Crippen LogP contribution in [-0.2, 0) is 11.3 Å². The monoisotopic (exact) mass is 361 g/mol. The van der Waals surface area contributed by atoms with Gasteiger partial charge in [0.25, 0.3) is 0 Å². The average Bonchev–Trinajstić information content (AvgIpc) is 3.22. The highest BCUT2D eigenvalue weighted by molar-refractivity contribution is 7.99. The number of aryl methyl sites for hydroxylation is 1. The zero-order valence-electron chi connectivity index (χ0n) is 13.5. The summed E-state index contributed by atoms with van der Waals surface area (Å²) >= 11 is 1.22. The summed E-state index contributed by atoms with van der Waals surface area (Å²) in [6, 6.07) is 7.67. The minimum absolute atomic E-state index is 0.0703. The zero-order valence-corrected chi connectivity index (χ0v) is 14.4. The van der Waals surface area contributed by atoms with E-state index >= 15 is 0 Å². The van der Waals surface area contributed by atoms with Crippen LogP contribution in [0.25, 0.3) is 0 Å². The maximum Gasteiger partial charge on any atom is 0.328 e. The van der Waals surface area contributed by atoms with Gasteiger partial charge in [0.05, 0.1) is 19.4 Å². The summed E-state index contributed by atoms with van der Waals surface area (Å²) in [5.41, 5.74) is 1.01. The lowest BCUT2D eigenvalue weighted by Crippen LogP contribution is -2.15. The number of hydrogen-bond donors (Lipinski definition) is 1. The van der Waals surface area contributed by atoms with E-state index in [1.54, 1.807) is 18.7 Å². The van der Waals surface area contributed by atoms with Crippen LogP contribution in [0.5, 0.6) is 5.75 Å². The molecular formula is C14H15N7O3S. The third-order valence-electron chi connectivity index (χ3n) is 3.10. The van der Waals surface area contributed by atoms with Crippen LogP contribution in [0.1, 0.15) is 11.4 Å². The van der Waals surface area contributed by atoms with Crippen molar-refractivity contribution in [2.24, 2.45) is 0 Å². The highest BCUT2D eigenvalue weighted by atomic mass is 32.2. The third kappa shape index (κ3) is 4.53. The molecule has 0 atom stereocenters. The Morgan fingerprint density at radius 2 is 2.16 bits per heavy atom. The molecule has 1 aromatic carbocycles. The highest BCUT2D eigenvalue weighted by Crippen LogP contribution is 2.17. The Bertz CT molecular complexity index is 846. The molecule has 130 valence electrons. The molecule has 0 aliphatic heterocycles. The van der Waals surface area contributed by atoms with E-state index in [2.05, 4.69) is 31.0 Å². The van der Waals surface area contributed by atoms with Crippen molar-refractivity contribution >= 4 is 23.7 Å². The number of methoxy groups -OCH3 is 1. The minimum atomic E-state index is -0.285. The smallest absolute Gasteiger partial charge is 0.328 e. The summed E-state index contributed by atoms with van der Waals surface area (Å²) in [5.74, 6) is 1.06. The number of carbonyl (C=O) groups excluding carboxylic acids is 1. The van der Waals surface area contributed by atoms with E-state index in [4.69, 9.17) is 9.26 Å². The zero-order chi connectivity index (χ0) is 17.6. The van der Waals surface area contributed by atoms with E-state index in [1.165, 1.54) is 11.8 Å². The van der Waals surface area contributed by atoms with Gasteiger partial charge in [-0.05, 0) is 35.0 Å². The molecule has 0 saturated heterocycles. The number of aromatic nitrogens is 6. The summed E-state index contributed by atoms with van der Waals surface area (Å²) in [4.78, 5) is 15.8. The molecule has 0 fully saturated rings. The van der Waals surface area contributed by atoms with Crippen molar-refractivity contribution in [3.63, 3.8) is 0 Å². The fourth-order valence-electron chi connectivity index (χ4n) is 1.94. The maximum absolute atomic E-state index is 11.9. The molecule has 25 heavy (non-hydrogen) atoms. The first-order chi connectivity index (χ1) is 12.1. The van der Waals surface area contributed by atoms with E-state index < -0.39 is 0 Å². The second-order valence-electron chi connectivity index (χ2n) is 4.95. The molecule has 10 nitrogen and oxygen atoms in total. The molecular weight excluding hydrogens is 346 g/mol. The molecule has 1 amide bonds. The van der Waals surface area contributed by atoms with Gasteiger partial charge in [-0.3, -0.25) is 10.1 Å². The normalized spacial score (nSPS) is 10.6. The van der Waals surface area contributed by atoms with Crippen LogP contribution in [-0.4, -0.2) is 49.1 Å². The number of thioether (sulfide) groups is 1. The van der Waals surface area contributed by atoms with Crippen LogP contribution in [0.15, 0.2) is 33.9 Å². The average molecular weight is 361 g/mol. The molecule has 3 rings (SSSR count). The first-order valence-electron chi connectivity index (χ1n) is 7.26. The molecule has 0 radical (unpaired) electrons. The Balaban J connectivity index is 1.56. The molecule has 11 heteroatoms. The Hall–Kier alpha value is -2.95. The molecule has 3 aromatic rings. The molecule has 0 aliphatic carbocycles. The molecule has 0 bridgehead atoms. The van der Waals surface area contributed by atoms with Gasteiger partial charge in [-0.15, -0.1) is 5.10 Å². The number of tetrazole rings is 1. The van der Waals surface area contributed by atoms with Gasteiger partial charge < -0.3 is 9.26 Å². The van der Waals surface area contributed by atoms with Crippen LogP contribution in [0.4, 0.5) is 6.01 Å². The summed E-state index contributed by atoms with van der Waals surface area (Å²) in [7, 11) is 1.62. The molecule has 1 N–H and O–H groups in total. The van der Waals surface area contributed by atoms with Gasteiger partial charge in [0.2, 0.25) is 11.1 Å². The Kier molecular flexibility index (Phi) is 5.23. The quantitative estimate of drug-likeness (QED) is 0.618. The van der Waals surface area contributed by atoms with Crippen molar-refractivity contribution < 1.29 is 14.1 Å². The lowest BCUT2D eigenvalue weighted by Gasteiger charge is -2.05. The van der Waals surface area contributed by atoms with Crippen LogP contribution in [0, 0.1) is 6.92 Å². The van der Waals surface area contributed by atoms with Gasteiger partial charge in [-0.2, -0.15) is 4.98 Å². The van der Waals surface area contributed by atoms with E-state index in [0.717, 1.165) is 11.3 Å². The van der Waals surface area contributed by atoms with Crippen LogP contribution < -0.4 is 10.1 Å². The summed E-state index contributed by atoms with van der Waals surface area (Å²) in [5, 5.41) is 18.2. The number of benzene rings is 1. The van der Waals surface area contributed by atoms with Crippen molar-refractivity contribution in [3.8, 4) is 5.75 Å². The van der Waals surface area contributed by atoms with Gasteiger partial charge in [0.15, 0.2) is 5.82 Å².